The molecule has 0 atom stereocenters. The molecule has 0 saturated carbocycles. The van der Waals surface area contributed by atoms with Gasteiger partial charge in [0.05, 0.1) is 46.6 Å². The number of carbonyl (C=O) groups excluding carboxylic acids is 1. The average molecular weight is 464 g/mol. The number of nitrogens with one attached hydrogen (secondary N) is 1. The van der Waals surface area contributed by atoms with Gasteiger partial charge in [-0.2, -0.15) is 0 Å². The van der Waals surface area contributed by atoms with Gasteiger partial charge in [-0.1, -0.05) is 29.8 Å². The Morgan fingerprint density at radius 3 is 2.48 bits per heavy atom. The zero-order chi connectivity index (χ0) is 23.5. The first-order valence-corrected chi connectivity index (χ1v) is 10.2. The van der Waals surface area contributed by atoms with Gasteiger partial charge >= 0.3 is 0 Å². The number of hydrogen-bond acceptors (Lipinski definition) is 6. The van der Waals surface area contributed by atoms with Crippen LogP contribution in [0.4, 0.5) is 11.4 Å². The first-order chi connectivity index (χ1) is 15.9. The molecule has 1 N–H and O–H groups in total. The Balaban J connectivity index is 1.80. The quantitative estimate of drug-likeness (QED) is 0.289. The number of nitro groups is 1. The number of halogens is 1. The zero-order valence-electron chi connectivity index (χ0n) is 17.7. The molecule has 8 nitrogen and oxygen atoms in total. The van der Waals surface area contributed by atoms with E-state index in [2.05, 4.69) is 10.3 Å². The number of rotatable bonds is 6. The van der Waals surface area contributed by atoms with E-state index in [9.17, 15) is 14.9 Å². The van der Waals surface area contributed by atoms with Crippen molar-refractivity contribution in [1.29, 1.82) is 0 Å². The molecule has 0 unspecified atom stereocenters. The predicted molar refractivity (Wildman–Crippen MR) is 126 cm³/mol. The fourth-order valence-corrected chi connectivity index (χ4v) is 3.58. The summed E-state index contributed by atoms with van der Waals surface area (Å²) in [6, 6.07) is 18.1. The summed E-state index contributed by atoms with van der Waals surface area (Å²) in [7, 11) is 3.09. The number of carbonyl (C=O) groups is 1. The summed E-state index contributed by atoms with van der Waals surface area (Å²) in [5.74, 6) is 0.623. The van der Waals surface area contributed by atoms with Crippen molar-refractivity contribution in [3.8, 4) is 22.8 Å². The van der Waals surface area contributed by atoms with Crippen LogP contribution in [0.3, 0.4) is 0 Å². The lowest BCUT2D eigenvalue weighted by Crippen LogP contribution is -2.13. The van der Waals surface area contributed by atoms with E-state index in [1.165, 1.54) is 25.3 Å². The first-order valence-electron chi connectivity index (χ1n) is 9.78. The molecule has 0 spiro atoms. The van der Waals surface area contributed by atoms with Crippen molar-refractivity contribution in [2.24, 2.45) is 0 Å². The Kier molecular flexibility index (Phi) is 6.10. The third kappa shape index (κ3) is 4.42. The largest absolute Gasteiger partial charge is 0.493 e. The van der Waals surface area contributed by atoms with Gasteiger partial charge < -0.3 is 14.8 Å². The maximum Gasteiger partial charge on any atom is 0.271 e. The van der Waals surface area contributed by atoms with Crippen molar-refractivity contribution >= 4 is 39.8 Å². The van der Waals surface area contributed by atoms with Gasteiger partial charge in [-0.15, -0.1) is 0 Å². The highest BCUT2D eigenvalue weighted by atomic mass is 35.5. The predicted octanol–water partition coefficient (Wildman–Crippen LogP) is 5.73. The summed E-state index contributed by atoms with van der Waals surface area (Å²) in [4.78, 5) is 28.5. The SMILES string of the molecule is COc1ccc(-c2cc(C(=O)Nc3cc([N+](=O)[O-])ccc3Cl)c3ccccc3n2)cc1OC. The molecule has 0 aliphatic rings. The minimum Gasteiger partial charge on any atom is -0.493 e. The molecule has 4 aromatic rings. The van der Waals surface area contributed by atoms with Crippen LogP contribution in [0.2, 0.25) is 5.02 Å². The van der Waals surface area contributed by atoms with Crippen molar-refractivity contribution in [1.82, 2.24) is 4.98 Å². The summed E-state index contributed by atoms with van der Waals surface area (Å²) in [5.41, 5.74) is 2.18. The van der Waals surface area contributed by atoms with E-state index < -0.39 is 10.8 Å². The number of non-ortho nitro benzene ring substituents is 1. The number of methoxy groups -OCH3 is 2. The molecule has 1 amide bonds. The van der Waals surface area contributed by atoms with Crippen LogP contribution >= 0.6 is 11.6 Å². The highest BCUT2D eigenvalue weighted by molar-refractivity contribution is 6.34. The Labute approximate surface area is 193 Å². The maximum atomic E-state index is 13.3. The highest BCUT2D eigenvalue weighted by Gasteiger charge is 2.18. The number of amides is 1. The summed E-state index contributed by atoms with van der Waals surface area (Å²) in [5, 5.41) is 14.6. The molecule has 0 saturated heterocycles. The minimum atomic E-state index is -0.553. The van der Waals surface area contributed by atoms with Crippen molar-refractivity contribution in [3.63, 3.8) is 0 Å². The standard InChI is InChI=1S/C24H18ClN3O5/c1-32-22-10-7-14(11-23(22)33-2)20-13-17(16-5-3-4-6-19(16)26-20)24(29)27-21-12-15(28(30)31)8-9-18(21)25/h3-13H,1-2H3,(H,27,29). The van der Waals surface area contributed by atoms with Gasteiger partial charge in [0.1, 0.15) is 0 Å². The second kappa shape index (κ2) is 9.13. The number of nitro benzene ring substituents is 1. The number of para-hydroxylation sites is 1. The summed E-state index contributed by atoms with van der Waals surface area (Å²) < 4.78 is 10.7. The molecule has 3 aromatic carbocycles. The molecule has 4 rings (SSSR count). The Morgan fingerprint density at radius 1 is 1.00 bits per heavy atom. The van der Waals surface area contributed by atoms with E-state index >= 15 is 0 Å². The smallest absolute Gasteiger partial charge is 0.271 e. The Hall–Kier alpha value is -4.17. The number of hydrogen-bond donors (Lipinski definition) is 1. The van der Waals surface area contributed by atoms with Crippen LogP contribution in [0.5, 0.6) is 11.5 Å². The fraction of sp³-hybridized carbons (Fsp3) is 0.0833. The Bertz CT molecular complexity index is 1390. The van der Waals surface area contributed by atoms with Gasteiger partial charge in [0.25, 0.3) is 11.6 Å². The highest BCUT2D eigenvalue weighted by Crippen LogP contribution is 2.34. The normalized spacial score (nSPS) is 10.6. The van der Waals surface area contributed by atoms with Gasteiger partial charge in [0.2, 0.25) is 0 Å². The van der Waals surface area contributed by atoms with Crippen molar-refractivity contribution in [3.05, 3.63) is 87.4 Å². The van der Waals surface area contributed by atoms with Crippen LogP contribution in [0.1, 0.15) is 10.4 Å². The van der Waals surface area contributed by atoms with Gasteiger partial charge in [-0.05, 0) is 36.4 Å². The summed E-state index contributed by atoms with van der Waals surface area (Å²) in [6.07, 6.45) is 0. The molecule has 0 aliphatic carbocycles. The molecule has 0 fully saturated rings. The molecule has 1 aromatic heterocycles. The second-order valence-electron chi connectivity index (χ2n) is 7.02. The molecule has 0 radical (unpaired) electrons. The van der Waals surface area contributed by atoms with Crippen LogP contribution in [-0.4, -0.2) is 30.0 Å². The lowest BCUT2D eigenvalue weighted by atomic mass is 10.0. The number of benzene rings is 3. The molecular weight excluding hydrogens is 446 g/mol. The molecule has 166 valence electrons. The van der Waals surface area contributed by atoms with Gasteiger partial charge in [-0.3, -0.25) is 14.9 Å². The van der Waals surface area contributed by atoms with Crippen molar-refractivity contribution in [2.75, 3.05) is 19.5 Å². The average Bonchev–Trinajstić information content (AvgIpc) is 2.83. The van der Waals surface area contributed by atoms with Crippen LogP contribution in [0, 0.1) is 10.1 Å². The molecule has 1 heterocycles. The number of fused-ring (bicyclic) bond motifs is 1. The zero-order valence-corrected chi connectivity index (χ0v) is 18.4. The van der Waals surface area contributed by atoms with Crippen LogP contribution in [0.15, 0.2) is 66.7 Å². The van der Waals surface area contributed by atoms with Crippen molar-refractivity contribution < 1.29 is 19.2 Å². The maximum absolute atomic E-state index is 13.3. The van der Waals surface area contributed by atoms with E-state index in [1.54, 1.807) is 43.5 Å². The van der Waals surface area contributed by atoms with Gasteiger partial charge in [0, 0.05) is 23.1 Å². The number of pyridine rings is 1. The third-order valence-electron chi connectivity index (χ3n) is 5.05. The number of ether oxygens (including phenoxy) is 2. The van der Waals surface area contributed by atoms with E-state index in [4.69, 9.17) is 21.1 Å². The number of aromatic nitrogens is 1. The second-order valence-corrected chi connectivity index (χ2v) is 7.42. The molecule has 33 heavy (non-hydrogen) atoms. The van der Waals surface area contributed by atoms with Crippen LogP contribution < -0.4 is 14.8 Å². The number of anilines is 1. The molecule has 9 heteroatoms. The van der Waals surface area contributed by atoms with Crippen molar-refractivity contribution in [2.45, 2.75) is 0 Å². The van der Waals surface area contributed by atoms with E-state index in [-0.39, 0.29) is 16.4 Å². The third-order valence-corrected chi connectivity index (χ3v) is 5.38. The lowest BCUT2D eigenvalue weighted by molar-refractivity contribution is -0.384. The van der Waals surface area contributed by atoms with E-state index in [0.717, 1.165) is 5.56 Å². The summed E-state index contributed by atoms with van der Waals surface area (Å²) >= 11 is 6.16. The van der Waals surface area contributed by atoms with Crippen LogP contribution in [-0.2, 0) is 0 Å². The van der Waals surface area contributed by atoms with Gasteiger partial charge in [-0.25, -0.2) is 4.98 Å². The fourth-order valence-electron chi connectivity index (χ4n) is 3.42. The van der Waals surface area contributed by atoms with E-state index in [1.807, 2.05) is 12.1 Å². The summed E-state index contributed by atoms with van der Waals surface area (Å²) in [6.45, 7) is 0. The van der Waals surface area contributed by atoms with E-state index in [0.29, 0.717) is 33.7 Å². The number of nitrogens with zero attached hydrogens (tertiary/aromatic N) is 2. The minimum absolute atomic E-state index is 0.143. The van der Waals surface area contributed by atoms with Gasteiger partial charge in [0.15, 0.2) is 11.5 Å². The lowest BCUT2D eigenvalue weighted by Gasteiger charge is -2.13. The first kappa shape index (κ1) is 22.0. The molecule has 0 bridgehead atoms. The topological polar surface area (TPSA) is 104 Å². The monoisotopic (exact) mass is 463 g/mol. The molecular formula is C24H18ClN3O5. The Morgan fingerprint density at radius 2 is 1.76 bits per heavy atom. The molecule has 0 aliphatic heterocycles. The van der Waals surface area contributed by atoms with Crippen LogP contribution in [0.25, 0.3) is 22.2 Å².